The van der Waals surface area contributed by atoms with E-state index in [0.717, 1.165) is 0 Å². The van der Waals surface area contributed by atoms with Crippen LogP contribution in [0.1, 0.15) is 46.0 Å². The molecule has 3 fully saturated rings. The number of hydrogen-bond acceptors (Lipinski definition) is 7. The van der Waals surface area contributed by atoms with Crippen LogP contribution in [0.25, 0.3) is 0 Å². The monoisotopic (exact) mass is 324 g/mol. The predicted molar refractivity (Wildman–Crippen MR) is 74.7 cm³/mol. The summed E-state index contributed by atoms with van der Waals surface area (Å²) in [5.41, 5.74) is -1.65. The Morgan fingerprint density at radius 1 is 1.13 bits per heavy atom. The predicted octanol–water partition coefficient (Wildman–Crippen LogP) is 1.13. The third kappa shape index (κ3) is 2.72. The van der Waals surface area contributed by atoms with Crippen molar-refractivity contribution in [1.82, 2.24) is 0 Å². The van der Waals surface area contributed by atoms with Gasteiger partial charge in [-0.1, -0.05) is 6.92 Å². The summed E-state index contributed by atoms with van der Waals surface area (Å²) in [7, 11) is 0. The minimum absolute atomic E-state index is 0.202. The second kappa shape index (κ2) is 5.32. The molecular weight excluding hydrogens is 304 g/mol. The van der Waals surface area contributed by atoms with Crippen molar-refractivity contribution in [2.75, 3.05) is 6.61 Å². The number of carbonyl (C=O) groups is 4. The first-order valence-electron chi connectivity index (χ1n) is 7.89. The lowest BCUT2D eigenvalue weighted by atomic mass is 9.72. The quantitative estimate of drug-likeness (QED) is 0.434. The molecule has 0 saturated carbocycles. The lowest BCUT2D eigenvalue weighted by Gasteiger charge is -2.35. The molecule has 4 atom stereocenters. The molecule has 0 N–H and O–H groups in total. The minimum Gasteiger partial charge on any atom is -0.465 e. The number of cyclic esters (lactones) is 4. The van der Waals surface area contributed by atoms with Crippen molar-refractivity contribution in [3.8, 4) is 0 Å². The van der Waals surface area contributed by atoms with Crippen molar-refractivity contribution in [2.45, 2.75) is 51.6 Å². The van der Waals surface area contributed by atoms with Crippen LogP contribution in [-0.2, 0) is 33.4 Å². The average molecular weight is 324 g/mol. The third-order valence-corrected chi connectivity index (χ3v) is 5.28. The summed E-state index contributed by atoms with van der Waals surface area (Å²) in [6, 6.07) is 0. The SMILES string of the molecule is CC1C(=O)OC(=O)C1CC1(CC2(C)CCOC2=O)CCC(=O)O1. The normalized spacial score (nSPS) is 40.3. The summed E-state index contributed by atoms with van der Waals surface area (Å²) in [5, 5.41) is 0. The summed E-state index contributed by atoms with van der Waals surface area (Å²) in [5.74, 6) is -2.99. The fourth-order valence-electron chi connectivity index (χ4n) is 3.83. The van der Waals surface area contributed by atoms with E-state index in [2.05, 4.69) is 4.74 Å². The molecule has 0 radical (unpaired) electrons. The van der Waals surface area contributed by atoms with Crippen molar-refractivity contribution in [3.63, 3.8) is 0 Å². The fraction of sp³-hybridized carbons (Fsp3) is 0.750. The minimum atomic E-state index is -0.919. The summed E-state index contributed by atoms with van der Waals surface area (Å²) in [4.78, 5) is 47.2. The number of hydrogen-bond donors (Lipinski definition) is 0. The van der Waals surface area contributed by atoms with E-state index in [4.69, 9.17) is 9.47 Å². The molecule has 3 aliphatic heterocycles. The van der Waals surface area contributed by atoms with Crippen LogP contribution in [0.5, 0.6) is 0 Å². The molecule has 4 unspecified atom stereocenters. The Kier molecular flexibility index (Phi) is 3.69. The summed E-state index contributed by atoms with van der Waals surface area (Å²) in [6.07, 6.45) is 1.73. The first kappa shape index (κ1) is 16.0. The maximum Gasteiger partial charge on any atom is 0.317 e. The van der Waals surface area contributed by atoms with Gasteiger partial charge < -0.3 is 14.2 Å². The fourth-order valence-corrected chi connectivity index (χ4v) is 3.83. The van der Waals surface area contributed by atoms with Crippen molar-refractivity contribution in [2.24, 2.45) is 17.3 Å². The van der Waals surface area contributed by atoms with Gasteiger partial charge in [-0.15, -0.1) is 0 Å². The van der Waals surface area contributed by atoms with Crippen LogP contribution >= 0.6 is 0 Å². The number of ether oxygens (including phenoxy) is 3. The highest BCUT2D eigenvalue weighted by molar-refractivity contribution is 5.96. The van der Waals surface area contributed by atoms with E-state index < -0.39 is 34.8 Å². The van der Waals surface area contributed by atoms with E-state index in [-0.39, 0.29) is 24.8 Å². The van der Waals surface area contributed by atoms with E-state index in [1.54, 1.807) is 13.8 Å². The van der Waals surface area contributed by atoms with Crippen molar-refractivity contribution >= 4 is 23.9 Å². The molecule has 0 aromatic heterocycles. The molecule has 0 spiro atoms. The molecule has 3 aliphatic rings. The van der Waals surface area contributed by atoms with Crippen LogP contribution in [0.4, 0.5) is 0 Å². The Hall–Kier alpha value is -1.92. The molecule has 23 heavy (non-hydrogen) atoms. The van der Waals surface area contributed by atoms with E-state index >= 15 is 0 Å². The molecule has 7 heteroatoms. The van der Waals surface area contributed by atoms with Gasteiger partial charge in [0.15, 0.2) is 0 Å². The van der Waals surface area contributed by atoms with Gasteiger partial charge in [0.2, 0.25) is 0 Å². The van der Waals surface area contributed by atoms with Crippen LogP contribution in [0.3, 0.4) is 0 Å². The summed E-state index contributed by atoms with van der Waals surface area (Å²) in [6.45, 7) is 3.77. The average Bonchev–Trinajstić information content (AvgIpc) is 3.06. The van der Waals surface area contributed by atoms with Crippen molar-refractivity contribution in [1.29, 1.82) is 0 Å². The topological polar surface area (TPSA) is 96.0 Å². The molecule has 126 valence electrons. The van der Waals surface area contributed by atoms with Gasteiger partial charge in [0.1, 0.15) is 5.60 Å². The molecule has 0 aromatic carbocycles. The highest BCUT2D eigenvalue weighted by Crippen LogP contribution is 2.47. The van der Waals surface area contributed by atoms with Crippen molar-refractivity contribution in [3.05, 3.63) is 0 Å². The van der Waals surface area contributed by atoms with Gasteiger partial charge in [-0.25, -0.2) is 0 Å². The van der Waals surface area contributed by atoms with E-state index in [9.17, 15) is 19.2 Å². The molecule has 0 aromatic rings. The molecule has 3 rings (SSSR count). The van der Waals surface area contributed by atoms with Crippen LogP contribution in [0, 0.1) is 17.3 Å². The van der Waals surface area contributed by atoms with Gasteiger partial charge in [-0.2, -0.15) is 0 Å². The van der Waals surface area contributed by atoms with Gasteiger partial charge in [-0.05, 0) is 19.8 Å². The summed E-state index contributed by atoms with van der Waals surface area (Å²) < 4.78 is 15.3. The zero-order valence-corrected chi connectivity index (χ0v) is 13.3. The van der Waals surface area contributed by atoms with Gasteiger partial charge in [0.05, 0.1) is 23.9 Å². The Bertz CT molecular complexity index is 583. The Balaban J connectivity index is 1.83. The Morgan fingerprint density at radius 2 is 1.87 bits per heavy atom. The molecule has 0 aliphatic carbocycles. The number of carbonyl (C=O) groups excluding carboxylic acids is 4. The second-order valence-electron chi connectivity index (χ2n) is 7.12. The number of esters is 4. The highest BCUT2D eigenvalue weighted by Gasteiger charge is 2.54. The van der Waals surface area contributed by atoms with Crippen LogP contribution in [0.15, 0.2) is 0 Å². The molecule has 0 bridgehead atoms. The Morgan fingerprint density at radius 3 is 2.35 bits per heavy atom. The van der Waals surface area contributed by atoms with Gasteiger partial charge in [0.25, 0.3) is 0 Å². The zero-order valence-electron chi connectivity index (χ0n) is 13.3. The molecule has 3 saturated heterocycles. The Labute approximate surface area is 133 Å². The maximum absolute atomic E-state index is 12.0. The van der Waals surface area contributed by atoms with Crippen LogP contribution in [-0.4, -0.2) is 36.1 Å². The van der Waals surface area contributed by atoms with Gasteiger partial charge >= 0.3 is 23.9 Å². The van der Waals surface area contributed by atoms with Crippen molar-refractivity contribution < 1.29 is 33.4 Å². The van der Waals surface area contributed by atoms with Crippen LogP contribution in [0.2, 0.25) is 0 Å². The smallest absolute Gasteiger partial charge is 0.317 e. The first-order chi connectivity index (χ1) is 10.7. The van der Waals surface area contributed by atoms with Gasteiger partial charge in [0, 0.05) is 19.3 Å². The van der Waals surface area contributed by atoms with E-state index in [1.165, 1.54) is 0 Å². The standard InChI is InChI=1S/C16H20O7/c1-9-10(13(19)22-12(9)18)7-16(4-3-11(17)23-16)8-15(2)5-6-21-14(15)20/h9-10H,3-8H2,1-2H3. The lowest BCUT2D eigenvalue weighted by Crippen LogP contribution is -2.41. The maximum atomic E-state index is 12.0. The second-order valence-corrected chi connectivity index (χ2v) is 7.12. The van der Waals surface area contributed by atoms with E-state index in [0.29, 0.717) is 25.9 Å². The third-order valence-electron chi connectivity index (χ3n) is 5.28. The highest BCUT2D eigenvalue weighted by atomic mass is 16.6. The first-order valence-corrected chi connectivity index (χ1v) is 7.89. The molecule has 0 amide bonds. The zero-order chi connectivity index (χ0) is 16.8. The largest absolute Gasteiger partial charge is 0.465 e. The molecule has 7 nitrogen and oxygen atoms in total. The lowest BCUT2D eigenvalue weighted by molar-refractivity contribution is -0.161. The molecular formula is C16H20O7. The number of rotatable bonds is 4. The van der Waals surface area contributed by atoms with E-state index in [1.807, 2.05) is 0 Å². The molecule has 3 heterocycles. The summed E-state index contributed by atoms with van der Waals surface area (Å²) >= 11 is 0. The van der Waals surface area contributed by atoms with Gasteiger partial charge in [-0.3, -0.25) is 19.2 Å². The van der Waals surface area contributed by atoms with Crippen LogP contribution < -0.4 is 0 Å².